The summed E-state index contributed by atoms with van der Waals surface area (Å²) >= 11 is 0. The molecular formula is C34H46N4O4S. The van der Waals surface area contributed by atoms with E-state index in [1.807, 2.05) is 26.0 Å². The maximum absolute atomic E-state index is 14.3. The lowest BCUT2D eigenvalue weighted by atomic mass is 9.98. The molecule has 43 heavy (non-hydrogen) atoms. The first-order chi connectivity index (χ1) is 20.9. The number of amides is 1. The van der Waals surface area contributed by atoms with Crippen LogP contribution in [0.25, 0.3) is 10.9 Å². The van der Waals surface area contributed by atoms with Crippen LogP contribution in [0, 0.1) is 0 Å². The molecule has 0 saturated carbocycles. The van der Waals surface area contributed by atoms with E-state index in [4.69, 9.17) is 4.74 Å². The lowest BCUT2D eigenvalue weighted by Gasteiger charge is -2.41. The number of likely N-dealkylation sites (tertiary alicyclic amines) is 1. The summed E-state index contributed by atoms with van der Waals surface area (Å²) in [4.78, 5) is 25.0. The fourth-order valence-electron chi connectivity index (χ4n) is 6.42. The molecule has 0 unspecified atom stereocenters. The average molecular weight is 607 g/mol. The Kier molecular flexibility index (Phi) is 10.2. The third kappa shape index (κ3) is 6.83. The van der Waals surface area contributed by atoms with E-state index in [0.29, 0.717) is 53.6 Å². The van der Waals surface area contributed by atoms with Crippen LogP contribution >= 0.6 is 0 Å². The van der Waals surface area contributed by atoms with Gasteiger partial charge in [-0.2, -0.15) is 0 Å². The third-order valence-corrected chi connectivity index (χ3v) is 10.8. The Morgan fingerprint density at radius 2 is 1.65 bits per heavy atom. The number of aromatic nitrogens is 1. The number of sulfone groups is 1. The van der Waals surface area contributed by atoms with Gasteiger partial charge in [-0.05, 0) is 102 Å². The number of ether oxygens (including phenoxy) is 1. The predicted octanol–water partition coefficient (Wildman–Crippen LogP) is 6.18. The Bertz CT molecular complexity index is 1490. The van der Waals surface area contributed by atoms with E-state index in [-0.39, 0.29) is 15.7 Å². The number of nitrogens with zero attached hydrogens (tertiary/aromatic N) is 4. The Labute approximate surface area is 256 Å². The van der Waals surface area contributed by atoms with E-state index in [1.54, 1.807) is 35.2 Å². The van der Waals surface area contributed by atoms with Crippen LogP contribution in [-0.2, 0) is 9.84 Å². The van der Waals surface area contributed by atoms with Crippen LogP contribution < -0.4 is 9.64 Å². The normalized spacial score (nSPS) is 16.9. The number of anilines is 1. The van der Waals surface area contributed by atoms with Crippen LogP contribution in [0.4, 0.5) is 5.69 Å². The first kappa shape index (κ1) is 31.3. The zero-order valence-corrected chi connectivity index (χ0v) is 26.7. The van der Waals surface area contributed by atoms with Gasteiger partial charge < -0.3 is 19.4 Å². The summed E-state index contributed by atoms with van der Waals surface area (Å²) in [6.45, 7) is 11.6. The van der Waals surface area contributed by atoms with Gasteiger partial charge >= 0.3 is 0 Å². The molecule has 0 radical (unpaired) electrons. The standard InChI is InChI=1S/C34H46N4O4S/c1-4-7-23-42-28-12-14-29(15-13-28)43(40,41)32-25-35-31-16-11-26(34(39)36(5-2)6-3)24-30(31)33(32)38-21-17-27(18-22-38)37-19-9-8-10-20-37/h11-16,24-25,27H,4-10,17-23H2,1-3H3. The summed E-state index contributed by atoms with van der Waals surface area (Å²) in [5, 5.41) is 0.704. The molecule has 2 saturated heterocycles. The third-order valence-electron chi connectivity index (χ3n) is 8.98. The number of rotatable bonds is 11. The van der Waals surface area contributed by atoms with Gasteiger partial charge in [0, 0.05) is 49.4 Å². The number of pyridine rings is 1. The maximum atomic E-state index is 14.3. The molecule has 0 bridgehead atoms. The fraction of sp³-hybridized carbons (Fsp3) is 0.529. The second-order valence-electron chi connectivity index (χ2n) is 11.7. The SMILES string of the molecule is CCCCOc1ccc(S(=O)(=O)c2cnc3ccc(C(=O)N(CC)CC)cc3c2N2CCC(N3CCCCC3)CC2)cc1. The van der Waals surface area contributed by atoms with Crippen molar-refractivity contribution in [2.45, 2.75) is 81.5 Å². The van der Waals surface area contributed by atoms with Gasteiger partial charge in [-0.3, -0.25) is 9.78 Å². The second kappa shape index (κ2) is 14.1. The molecule has 1 aromatic heterocycles. The van der Waals surface area contributed by atoms with Crippen LogP contribution in [-0.4, -0.2) is 81.0 Å². The lowest BCUT2D eigenvalue weighted by molar-refractivity contribution is 0.0773. The second-order valence-corrected chi connectivity index (χ2v) is 13.6. The molecule has 0 spiro atoms. The van der Waals surface area contributed by atoms with E-state index in [1.165, 1.54) is 25.5 Å². The number of hydrogen-bond donors (Lipinski definition) is 0. The largest absolute Gasteiger partial charge is 0.494 e. The maximum Gasteiger partial charge on any atom is 0.253 e. The minimum absolute atomic E-state index is 0.0615. The molecule has 2 aromatic carbocycles. The molecular weight excluding hydrogens is 560 g/mol. The van der Waals surface area contributed by atoms with E-state index in [2.05, 4.69) is 21.7 Å². The molecule has 3 aromatic rings. The van der Waals surface area contributed by atoms with Crippen molar-refractivity contribution in [3.63, 3.8) is 0 Å². The Hall–Kier alpha value is -3.17. The minimum Gasteiger partial charge on any atom is -0.494 e. The zero-order chi connectivity index (χ0) is 30.4. The molecule has 0 aliphatic carbocycles. The van der Waals surface area contributed by atoms with Gasteiger partial charge in [0.05, 0.1) is 22.7 Å². The van der Waals surface area contributed by atoms with E-state index in [9.17, 15) is 13.2 Å². The van der Waals surface area contributed by atoms with Gasteiger partial charge in [0.2, 0.25) is 9.84 Å². The van der Waals surface area contributed by atoms with Gasteiger partial charge in [0.25, 0.3) is 5.91 Å². The Morgan fingerprint density at radius 3 is 2.30 bits per heavy atom. The van der Waals surface area contributed by atoms with Crippen molar-refractivity contribution in [2.75, 3.05) is 50.8 Å². The molecule has 232 valence electrons. The summed E-state index contributed by atoms with van der Waals surface area (Å²) in [6.07, 6.45) is 9.24. The Balaban J connectivity index is 1.54. The predicted molar refractivity (Wildman–Crippen MR) is 172 cm³/mol. The molecule has 5 rings (SSSR count). The van der Waals surface area contributed by atoms with E-state index in [0.717, 1.165) is 51.9 Å². The first-order valence-corrected chi connectivity index (χ1v) is 17.5. The summed E-state index contributed by atoms with van der Waals surface area (Å²) < 4.78 is 34.3. The number of carbonyl (C=O) groups excluding carboxylic acids is 1. The minimum atomic E-state index is -3.91. The summed E-state index contributed by atoms with van der Waals surface area (Å²) in [5.74, 6) is 0.595. The highest BCUT2D eigenvalue weighted by molar-refractivity contribution is 7.91. The van der Waals surface area contributed by atoms with Crippen LogP contribution in [0.3, 0.4) is 0 Å². The quantitative estimate of drug-likeness (QED) is 0.241. The van der Waals surface area contributed by atoms with Gasteiger partial charge in [0.1, 0.15) is 10.6 Å². The number of benzene rings is 2. The Morgan fingerprint density at radius 1 is 0.953 bits per heavy atom. The van der Waals surface area contributed by atoms with Gasteiger partial charge in [-0.1, -0.05) is 19.8 Å². The number of unbranched alkanes of at least 4 members (excludes halogenated alkanes) is 1. The van der Waals surface area contributed by atoms with Crippen molar-refractivity contribution >= 4 is 32.3 Å². The number of carbonyl (C=O) groups is 1. The van der Waals surface area contributed by atoms with Crippen molar-refractivity contribution in [1.82, 2.24) is 14.8 Å². The van der Waals surface area contributed by atoms with Crippen molar-refractivity contribution in [3.05, 3.63) is 54.2 Å². The van der Waals surface area contributed by atoms with Gasteiger partial charge in [0.15, 0.2) is 0 Å². The topological polar surface area (TPSA) is 83.0 Å². The molecule has 2 aliphatic rings. The highest BCUT2D eigenvalue weighted by Crippen LogP contribution is 2.38. The van der Waals surface area contributed by atoms with E-state index >= 15 is 0 Å². The van der Waals surface area contributed by atoms with Crippen molar-refractivity contribution in [1.29, 1.82) is 0 Å². The molecule has 2 fully saturated rings. The monoisotopic (exact) mass is 606 g/mol. The van der Waals surface area contributed by atoms with E-state index < -0.39 is 9.84 Å². The highest BCUT2D eigenvalue weighted by Gasteiger charge is 2.31. The molecule has 0 N–H and O–H groups in total. The lowest BCUT2D eigenvalue weighted by Crippen LogP contribution is -2.47. The molecule has 2 aliphatic heterocycles. The molecule has 8 nitrogen and oxygen atoms in total. The smallest absolute Gasteiger partial charge is 0.253 e. The number of hydrogen-bond acceptors (Lipinski definition) is 7. The molecule has 1 amide bonds. The molecule has 9 heteroatoms. The number of piperidine rings is 2. The number of fused-ring (bicyclic) bond motifs is 1. The summed E-state index contributed by atoms with van der Waals surface area (Å²) in [6, 6.07) is 12.7. The molecule has 3 heterocycles. The van der Waals surface area contributed by atoms with Crippen LogP contribution in [0.15, 0.2) is 58.5 Å². The zero-order valence-electron chi connectivity index (χ0n) is 25.9. The van der Waals surface area contributed by atoms with Crippen molar-refractivity contribution in [3.8, 4) is 5.75 Å². The van der Waals surface area contributed by atoms with Crippen molar-refractivity contribution < 1.29 is 17.9 Å². The summed E-state index contributed by atoms with van der Waals surface area (Å²) in [5.41, 5.74) is 1.88. The fourth-order valence-corrected chi connectivity index (χ4v) is 7.86. The average Bonchev–Trinajstić information content (AvgIpc) is 3.05. The van der Waals surface area contributed by atoms with Crippen LogP contribution in [0.1, 0.15) is 76.1 Å². The van der Waals surface area contributed by atoms with Gasteiger partial charge in [-0.15, -0.1) is 0 Å². The van der Waals surface area contributed by atoms with Crippen LogP contribution in [0.5, 0.6) is 5.75 Å². The molecule has 0 atom stereocenters. The van der Waals surface area contributed by atoms with Gasteiger partial charge in [-0.25, -0.2) is 8.42 Å². The highest BCUT2D eigenvalue weighted by atomic mass is 32.2. The summed E-state index contributed by atoms with van der Waals surface area (Å²) in [7, 11) is -3.91. The van der Waals surface area contributed by atoms with Crippen molar-refractivity contribution in [2.24, 2.45) is 0 Å². The first-order valence-electron chi connectivity index (χ1n) is 16.1. The van der Waals surface area contributed by atoms with Crippen LogP contribution in [0.2, 0.25) is 0 Å².